The Hall–Kier alpha value is -2.35. The minimum absolute atomic E-state index is 0.00928. The normalized spacial score (nSPS) is 15.4. The molecule has 2 aromatic rings. The first-order valence-electron chi connectivity index (χ1n) is 8.09. The quantitative estimate of drug-likeness (QED) is 0.692. The fourth-order valence-electron chi connectivity index (χ4n) is 2.45. The molecular weight excluding hydrogens is 426 g/mol. The van der Waals surface area contributed by atoms with Crippen LogP contribution < -0.4 is 5.32 Å². The van der Waals surface area contributed by atoms with E-state index in [4.69, 9.17) is 23.2 Å². The zero-order valence-electron chi connectivity index (χ0n) is 14.2. The average molecular weight is 439 g/mol. The largest absolute Gasteiger partial charge is 0.350 e. The van der Waals surface area contributed by atoms with Gasteiger partial charge in [0.2, 0.25) is 0 Å². The second-order valence-corrected chi connectivity index (χ2v) is 7.60. The average Bonchev–Trinajstić information content (AvgIpc) is 2.92. The van der Waals surface area contributed by atoms with Crippen LogP contribution in [0, 0.1) is 5.82 Å². The summed E-state index contributed by atoms with van der Waals surface area (Å²) in [6.45, 7) is 0.0683. The van der Waals surface area contributed by atoms with Gasteiger partial charge >= 0.3 is 0 Å². The van der Waals surface area contributed by atoms with Gasteiger partial charge in [0.1, 0.15) is 5.82 Å². The minimum atomic E-state index is -0.464. The third kappa shape index (κ3) is 4.73. The van der Waals surface area contributed by atoms with Crippen molar-refractivity contribution in [1.82, 2.24) is 10.2 Å². The Bertz CT molecular complexity index is 980. The van der Waals surface area contributed by atoms with Crippen LogP contribution in [0.5, 0.6) is 0 Å². The zero-order chi connectivity index (χ0) is 20.3. The summed E-state index contributed by atoms with van der Waals surface area (Å²) in [6, 6.07) is 10.1. The molecule has 144 valence electrons. The molecule has 0 atom stereocenters. The first-order chi connectivity index (χ1) is 13.3. The number of imide groups is 1. The fraction of sp³-hybridized carbons (Fsp3) is 0.105. The highest BCUT2D eigenvalue weighted by Crippen LogP contribution is 2.32. The molecule has 1 aliphatic heterocycles. The van der Waals surface area contributed by atoms with Crippen molar-refractivity contribution >= 4 is 58.1 Å². The Morgan fingerprint density at radius 1 is 1.14 bits per heavy atom. The molecule has 9 heteroatoms. The van der Waals surface area contributed by atoms with Gasteiger partial charge in [-0.3, -0.25) is 19.3 Å². The lowest BCUT2D eigenvalue weighted by Gasteiger charge is -2.13. The second kappa shape index (κ2) is 8.77. The van der Waals surface area contributed by atoms with Crippen molar-refractivity contribution in [2.45, 2.75) is 0 Å². The lowest BCUT2D eigenvalue weighted by atomic mass is 10.2. The van der Waals surface area contributed by atoms with Gasteiger partial charge in [0, 0.05) is 18.1 Å². The van der Waals surface area contributed by atoms with E-state index in [1.165, 1.54) is 42.5 Å². The molecule has 0 unspecified atom stereocenters. The SMILES string of the molecule is O=C(NCCN1C(=O)SC(=Cc2ccc(F)cc2)C1=O)c1cc(Cl)ccc1Cl. The van der Waals surface area contributed by atoms with E-state index >= 15 is 0 Å². The third-order valence-electron chi connectivity index (χ3n) is 3.84. The van der Waals surface area contributed by atoms with Crippen LogP contribution in [-0.4, -0.2) is 35.0 Å². The van der Waals surface area contributed by atoms with Gasteiger partial charge in [-0.05, 0) is 53.7 Å². The molecule has 1 N–H and O–H groups in total. The maximum atomic E-state index is 13.0. The molecule has 28 heavy (non-hydrogen) atoms. The van der Waals surface area contributed by atoms with Crippen LogP contribution in [0.4, 0.5) is 9.18 Å². The van der Waals surface area contributed by atoms with Gasteiger partial charge in [-0.25, -0.2) is 4.39 Å². The summed E-state index contributed by atoms with van der Waals surface area (Å²) >= 11 is 12.6. The number of halogens is 3. The van der Waals surface area contributed by atoms with Gasteiger partial charge < -0.3 is 5.32 Å². The van der Waals surface area contributed by atoms with Gasteiger partial charge in [0.05, 0.1) is 15.5 Å². The van der Waals surface area contributed by atoms with Gasteiger partial charge in [0.15, 0.2) is 0 Å². The first-order valence-corrected chi connectivity index (χ1v) is 9.66. The number of carbonyl (C=O) groups is 3. The number of nitrogens with zero attached hydrogens (tertiary/aromatic N) is 1. The van der Waals surface area contributed by atoms with Crippen LogP contribution in [0.3, 0.4) is 0 Å². The number of thioether (sulfide) groups is 1. The number of nitrogens with one attached hydrogen (secondary N) is 1. The summed E-state index contributed by atoms with van der Waals surface area (Å²) in [4.78, 5) is 38.0. The summed E-state index contributed by atoms with van der Waals surface area (Å²) in [5, 5.41) is 2.78. The summed E-state index contributed by atoms with van der Waals surface area (Å²) in [5.41, 5.74) is 0.815. The molecule has 0 aromatic heterocycles. The Balaban J connectivity index is 1.61. The number of carbonyl (C=O) groups excluding carboxylic acids is 3. The number of amides is 3. The van der Waals surface area contributed by atoms with Crippen LogP contribution in [0.15, 0.2) is 47.4 Å². The fourth-order valence-corrected chi connectivity index (χ4v) is 3.69. The van der Waals surface area contributed by atoms with Crippen LogP contribution in [0.25, 0.3) is 6.08 Å². The molecule has 0 spiro atoms. The second-order valence-electron chi connectivity index (χ2n) is 5.76. The van der Waals surface area contributed by atoms with E-state index in [1.807, 2.05) is 0 Å². The van der Waals surface area contributed by atoms with Gasteiger partial charge in [-0.1, -0.05) is 35.3 Å². The predicted octanol–water partition coefficient (Wildman–Crippen LogP) is 4.60. The van der Waals surface area contributed by atoms with Crippen LogP contribution in [0.1, 0.15) is 15.9 Å². The van der Waals surface area contributed by atoms with Crippen LogP contribution in [0.2, 0.25) is 10.0 Å². The summed E-state index contributed by atoms with van der Waals surface area (Å²) in [6.07, 6.45) is 1.52. The molecule has 0 radical (unpaired) electrons. The molecule has 2 aromatic carbocycles. The number of rotatable bonds is 5. The van der Waals surface area contributed by atoms with E-state index in [-0.39, 0.29) is 34.4 Å². The van der Waals surface area contributed by atoms with E-state index < -0.39 is 17.1 Å². The summed E-state index contributed by atoms with van der Waals surface area (Å²) in [7, 11) is 0. The highest BCUT2D eigenvalue weighted by Gasteiger charge is 2.34. The molecular formula is C19H13Cl2FN2O3S. The number of hydrogen-bond donors (Lipinski definition) is 1. The lowest BCUT2D eigenvalue weighted by molar-refractivity contribution is -0.122. The maximum Gasteiger partial charge on any atom is 0.293 e. The smallest absolute Gasteiger partial charge is 0.293 e. The summed E-state index contributed by atoms with van der Waals surface area (Å²) in [5.74, 6) is -1.31. The molecule has 1 fully saturated rings. The van der Waals surface area contributed by atoms with E-state index in [0.29, 0.717) is 10.6 Å². The highest BCUT2D eigenvalue weighted by atomic mass is 35.5. The molecule has 0 aliphatic carbocycles. The molecule has 0 bridgehead atoms. The van der Waals surface area contributed by atoms with Gasteiger partial charge in [0.25, 0.3) is 17.1 Å². The third-order valence-corrected chi connectivity index (χ3v) is 5.31. The Kier molecular flexibility index (Phi) is 6.39. The molecule has 5 nitrogen and oxygen atoms in total. The van der Waals surface area contributed by atoms with E-state index in [2.05, 4.69) is 5.32 Å². The molecule has 3 rings (SSSR count). The molecule has 1 heterocycles. The van der Waals surface area contributed by atoms with Crippen molar-refractivity contribution in [3.05, 3.63) is 74.4 Å². The van der Waals surface area contributed by atoms with Crippen molar-refractivity contribution in [3.8, 4) is 0 Å². The minimum Gasteiger partial charge on any atom is -0.350 e. The number of hydrogen-bond acceptors (Lipinski definition) is 4. The Labute approximate surface area is 174 Å². The van der Waals surface area contributed by atoms with E-state index in [1.54, 1.807) is 6.07 Å². The van der Waals surface area contributed by atoms with Crippen molar-refractivity contribution in [1.29, 1.82) is 0 Å². The van der Waals surface area contributed by atoms with E-state index in [0.717, 1.165) is 16.7 Å². The first kappa shape index (κ1) is 20.4. The Morgan fingerprint density at radius 3 is 2.57 bits per heavy atom. The van der Waals surface area contributed by atoms with Gasteiger partial charge in [-0.2, -0.15) is 0 Å². The van der Waals surface area contributed by atoms with E-state index in [9.17, 15) is 18.8 Å². The Morgan fingerprint density at radius 2 is 1.86 bits per heavy atom. The predicted molar refractivity (Wildman–Crippen MR) is 108 cm³/mol. The maximum absolute atomic E-state index is 13.0. The van der Waals surface area contributed by atoms with Crippen LogP contribution in [-0.2, 0) is 4.79 Å². The standard InChI is InChI=1S/C19H13Cl2FN2O3S/c20-12-3-6-15(21)14(10-12)17(25)23-7-8-24-18(26)16(28-19(24)27)9-11-1-4-13(22)5-2-11/h1-6,9-10H,7-8H2,(H,23,25). The van der Waals surface area contributed by atoms with Gasteiger partial charge in [-0.15, -0.1) is 0 Å². The highest BCUT2D eigenvalue weighted by molar-refractivity contribution is 8.18. The molecule has 0 saturated carbocycles. The zero-order valence-corrected chi connectivity index (χ0v) is 16.6. The van der Waals surface area contributed by atoms with Crippen molar-refractivity contribution < 1.29 is 18.8 Å². The molecule has 1 aliphatic rings. The topological polar surface area (TPSA) is 66.5 Å². The monoisotopic (exact) mass is 438 g/mol. The van der Waals surface area contributed by atoms with Crippen LogP contribution >= 0.6 is 35.0 Å². The van der Waals surface area contributed by atoms with Crippen molar-refractivity contribution in [2.24, 2.45) is 0 Å². The molecule has 3 amide bonds. The van der Waals surface area contributed by atoms with Crippen molar-refractivity contribution in [3.63, 3.8) is 0 Å². The molecule has 1 saturated heterocycles. The number of benzene rings is 2. The van der Waals surface area contributed by atoms with Crippen molar-refractivity contribution in [2.75, 3.05) is 13.1 Å². The lowest BCUT2D eigenvalue weighted by Crippen LogP contribution is -2.37. The summed E-state index contributed by atoms with van der Waals surface area (Å²) < 4.78 is 13.0.